The number of nitrogens with zero attached hydrogens (tertiary/aromatic N) is 4. The largest absolute Gasteiger partial charge is 0.455 e. The molecule has 0 amide bonds. The fourth-order valence-electron chi connectivity index (χ4n) is 9.65. The fraction of sp³-hybridized carbons (Fsp3) is 0.0175. The van der Waals surface area contributed by atoms with Gasteiger partial charge >= 0.3 is 0 Å². The zero-order valence-corrected chi connectivity index (χ0v) is 34.0. The van der Waals surface area contributed by atoms with Gasteiger partial charge in [-0.15, -0.1) is 0 Å². The Morgan fingerprint density at radius 1 is 0.413 bits per heavy atom. The van der Waals surface area contributed by atoms with Crippen LogP contribution in [0.2, 0.25) is 0 Å². The Morgan fingerprint density at radius 3 is 1.67 bits per heavy atom. The van der Waals surface area contributed by atoms with Crippen molar-refractivity contribution in [3.63, 3.8) is 0 Å². The number of nitrogens with one attached hydrogen (secondary N) is 1. The lowest BCUT2D eigenvalue weighted by atomic mass is 10.00. The SMILES string of the molecule is c1ccc(C2=NC(c3cccc4c3oc3cc5c(cc34)c3cc(-c4ccc6c(c4)c4ccccc4n6-c4ccccc4)ccc3n5-c3ccccc3)=NC(c3ccccc3)N2)cc1. The van der Waals surface area contributed by atoms with Crippen LogP contribution < -0.4 is 5.32 Å². The Bertz CT molecular complexity index is 3800. The van der Waals surface area contributed by atoms with E-state index in [9.17, 15) is 0 Å². The third kappa shape index (κ3) is 5.65. The van der Waals surface area contributed by atoms with Gasteiger partial charge in [-0.3, -0.25) is 0 Å². The number of fused-ring (bicyclic) bond motifs is 9. The molecular formula is C57H37N5O. The normalized spacial score (nSPS) is 14.2. The molecular weight excluding hydrogens is 771 g/mol. The minimum Gasteiger partial charge on any atom is -0.455 e. The summed E-state index contributed by atoms with van der Waals surface area (Å²) in [6.07, 6.45) is -0.314. The third-order valence-corrected chi connectivity index (χ3v) is 12.6. The lowest BCUT2D eigenvalue weighted by Gasteiger charge is -2.23. The Morgan fingerprint density at radius 2 is 0.968 bits per heavy atom. The van der Waals surface area contributed by atoms with E-state index in [-0.39, 0.29) is 6.17 Å². The summed E-state index contributed by atoms with van der Waals surface area (Å²) in [6, 6.07) is 75.1. The van der Waals surface area contributed by atoms with E-state index in [1.165, 1.54) is 32.8 Å². The molecule has 9 aromatic carbocycles. The molecule has 3 aromatic heterocycles. The number of furan rings is 1. The first-order valence-corrected chi connectivity index (χ1v) is 21.4. The molecule has 1 aliphatic heterocycles. The van der Waals surface area contributed by atoms with Gasteiger partial charge in [-0.25, -0.2) is 9.98 Å². The Balaban J connectivity index is 1.00. The van der Waals surface area contributed by atoms with Gasteiger partial charge in [0.15, 0.2) is 5.84 Å². The molecule has 1 unspecified atom stereocenters. The summed E-state index contributed by atoms with van der Waals surface area (Å²) in [5.74, 6) is 1.40. The number of aliphatic imine (C=N–C) groups is 2. The van der Waals surface area contributed by atoms with Crippen molar-refractivity contribution in [3.05, 3.63) is 229 Å². The van der Waals surface area contributed by atoms with Crippen molar-refractivity contribution in [2.75, 3.05) is 0 Å². The monoisotopic (exact) mass is 807 g/mol. The van der Waals surface area contributed by atoms with E-state index in [0.717, 1.165) is 77.8 Å². The van der Waals surface area contributed by atoms with E-state index in [1.54, 1.807) is 0 Å². The molecule has 296 valence electrons. The molecule has 0 spiro atoms. The van der Waals surface area contributed by atoms with Gasteiger partial charge in [0.2, 0.25) is 0 Å². The van der Waals surface area contributed by atoms with Crippen molar-refractivity contribution in [3.8, 4) is 22.5 Å². The number of amidine groups is 2. The second kappa shape index (κ2) is 14.0. The van der Waals surface area contributed by atoms with Crippen LogP contribution in [0.25, 0.3) is 88.1 Å². The Hall–Kier alpha value is -8.48. The topological polar surface area (TPSA) is 59.8 Å². The van der Waals surface area contributed by atoms with Crippen LogP contribution >= 0.6 is 0 Å². The molecule has 6 nitrogen and oxygen atoms in total. The summed E-state index contributed by atoms with van der Waals surface area (Å²) >= 11 is 0. The lowest BCUT2D eigenvalue weighted by molar-refractivity contribution is 0.663. The number of rotatable bonds is 6. The second-order valence-electron chi connectivity index (χ2n) is 16.2. The van der Waals surface area contributed by atoms with E-state index in [2.05, 4.69) is 190 Å². The van der Waals surface area contributed by atoms with Crippen LogP contribution in [0.1, 0.15) is 22.9 Å². The molecule has 6 heteroatoms. The highest BCUT2D eigenvalue weighted by Crippen LogP contribution is 2.42. The fourth-order valence-corrected chi connectivity index (χ4v) is 9.65. The van der Waals surface area contributed by atoms with Crippen LogP contribution in [0.3, 0.4) is 0 Å². The first-order valence-electron chi connectivity index (χ1n) is 21.4. The molecule has 0 saturated carbocycles. The number of hydrogen-bond acceptors (Lipinski definition) is 4. The van der Waals surface area contributed by atoms with Crippen molar-refractivity contribution in [2.24, 2.45) is 9.98 Å². The Kier molecular flexibility index (Phi) is 7.87. The summed E-state index contributed by atoms with van der Waals surface area (Å²) in [6.45, 7) is 0. The van der Waals surface area contributed by atoms with Gasteiger partial charge in [-0.1, -0.05) is 140 Å². The van der Waals surface area contributed by atoms with Crippen LogP contribution in [-0.4, -0.2) is 20.8 Å². The summed E-state index contributed by atoms with van der Waals surface area (Å²) in [5.41, 5.74) is 13.7. The summed E-state index contributed by atoms with van der Waals surface area (Å²) in [5, 5.41) is 10.5. The summed E-state index contributed by atoms with van der Waals surface area (Å²) < 4.78 is 11.7. The van der Waals surface area contributed by atoms with Crippen LogP contribution in [0.5, 0.6) is 0 Å². The molecule has 1 N–H and O–H groups in total. The highest BCUT2D eigenvalue weighted by atomic mass is 16.3. The molecule has 12 aromatic rings. The van der Waals surface area contributed by atoms with Crippen molar-refractivity contribution < 1.29 is 4.42 Å². The molecule has 4 heterocycles. The standard InChI is InChI=1S/C57H37N5O/c1-5-16-36(17-6-1)55-58-56(37-18-7-2-8-19-37)60-57(59-55)44-26-15-25-43-48-34-47-46-33-39(29-31-51(46)62(41-22-11-4-12-23-41)52(47)35-53(48)63-54(43)44)38-28-30-50-45(32-38)42-24-13-14-27-49(42)61(50)40-20-9-3-10-21-40/h1-35,55H,(H,58,59,60). The van der Waals surface area contributed by atoms with Gasteiger partial charge in [0.1, 0.15) is 23.2 Å². The van der Waals surface area contributed by atoms with E-state index in [1.807, 2.05) is 36.4 Å². The third-order valence-electron chi connectivity index (χ3n) is 12.6. The Labute approximate surface area is 362 Å². The van der Waals surface area contributed by atoms with E-state index < -0.39 is 0 Å². The summed E-state index contributed by atoms with van der Waals surface area (Å²) in [4.78, 5) is 10.3. The highest BCUT2D eigenvalue weighted by Gasteiger charge is 2.25. The maximum atomic E-state index is 6.93. The van der Waals surface area contributed by atoms with E-state index in [4.69, 9.17) is 14.4 Å². The zero-order valence-electron chi connectivity index (χ0n) is 34.0. The van der Waals surface area contributed by atoms with Gasteiger partial charge < -0.3 is 18.9 Å². The number of hydrogen-bond donors (Lipinski definition) is 1. The zero-order chi connectivity index (χ0) is 41.4. The minimum absolute atomic E-state index is 0.314. The molecule has 63 heavy (non-hydrogen) atoms. The average Bonchev–Trinajstić information content (AvgIpc) is 4.00. The van der Waals surface area contributed by atoms with E-state index >= 15 is 0 Å². The van der Waals surface area contributed by atoms with E-state index in [0.29, 0.717) is 5.84 Å². The summed E-state index contributed by atoms with van der Waals surface area (Å²) in [7, 11) is 0. The van der Waals surface area contributed by atoms with Crippen LogP contribution in [0.4, 0.5) is 0 Å². The molecule has 1 aliphatic rings. The predicted octanol–water partition coefficient (Wildman–Crippen LogP) is 13.9. The first-order chi connectivity index (χ1) is 31.2. The quantitative estimate of drug-likeness (QED) is 0.182. The molecule has 0 saturated heterocycles. The van der Waals surface area contributed by atoms with Crippen molar-refractivity contribution in [1.29, 1.82) is 0 Å². The maximum absolute atomic E-state index is 6.93. The average molecular weight is 808 g/mol. The van der Waals surface area contributed by atoms with Gasteiger partial charge in [0, 0.05) is 55.3 Å². The van der Waals surface area contributed by atoms with Crippen LogP contribution in [0.15, 0.2) is 227 Å². The number of para-hydroxylation sites is 4. The molecule has 0 bridgehead atoms. The minimum atomic E-state index is -0.314. The van der Waals surface area contributed by atoms with Crippen LogP contribution in [0, 0.1) is 0 Å². The maximum Gasteiger partial charge on any atom is 0.163 e. The predicted molar refractivity (Wildman–Crippen MR) is 260 cm³/mol. The number of aromatic nitrogens is 2. The molecule has 0 aliphatic carbocycles. The first kappa shape index (κ1) is 35.3. The smallest absolute Gasteiger partial charge is 0.163 e. The molecule has 0 radical (unpaired) electrons. The van der Waals surface area contributed by atoms with Gasteiger partial charge in [-0.05, 0) is 83.4 Å². The molecule has 0 fully saturated rings. The highest BCUT2D eigenvalue weighted by molar-refractivity contribution is 6.22. The van der Waals surface area contributed by atoms with Gasteiger partial charge in [0.05, 0.1) is 27.6 Å². The van der Waals surface area contributed by atoms with Crippen LogP contribution in [-0.2, 0) is 0 Å². The van der Waals surface area contributed by atoms with Crippen molar-refractivity contribution in [2.45, 2.75) is 6.17 Å². The lowest BCUT2D eigenvalue weighted by Crippen LogP contribution is -2.33. The van der Waals surface area contributed by atoms with Crippen molar-refractivity contribution >= 4 is 77.2 Å². The second-order valence-corrected chi connectivity index (χ2v) is 16.2. The molecule has 1 atom stereocenters. The van der Waals surface area contributed by atoms with Crippen molar-refractivity contribution in [1.82, 2.24) is 14.5 Å². The van der Waals surface area contributed by atoms with Gasteiger partial charge in [-0.2, -0.15) is 0 Å². The number of benzene rings is 9. The van der Waals surface area contributed by atoms with Gasteiger partial charge in [0.25, 0.3) is 0 Å². The molecule has 13 rings (SSSR count).